The lowest BCUT2D eigenvalue weighted by Crippen LogP contribution is -2.52. The second-order valence-corrected chi connectivity index (χ2v) is 8.37. The standard InChI is InChI=1S/C23H15N5O6/c1-26-19-16(20(30)27(2)22(26)32)23(13-9-10(28(33)34)7-8-14(13)24-21(23)31)15-17(25-19)11-5-3-4-6-12(11)18(15)29/h3-9,25H,1-2H3,(H,24,31). The number of non-ortho nitro benzene ring substituents is 1. The number of amides is 1. The molecule has 11 heteroatoms. The molecule has 0 saturated heterocycles. The highest BCUT2D eigenvalue weighted by atomic mass is 16.6. The molecule has 1 spiro atoms. The summed E-state index contributed by atoms with van der Waals surface area (Å²) in [5, 5.41) is 17.3. The number of nitro groups is 1. The Balaban J connectivity index is 1.85. The molecule has 34 heavy (non-hydrogen) atoms. The van der Waals surface area contributed by atoms with E-state index >= 15 is 0 Å². The number of ketones is 1. The number of nitrogens with zero attached hydrogens (tertiary/aromatic N) is 3. The Morgan fingerprint density at radius 2 is 1.65 bits per heavy atom. The summed E-state index contributed by atoms with van der Waals surface area (Å²) in [6.07, 6.45) is 0. The van der Waals surface area contributed by atoms with Gasteiger partial charge in [-0.1, -0.05) is 24.3 Å². The fourth-order valence-corrected chi connectivity index (χ4v) is 5.24. The molecule has 3 aromatic rings. The quantitative estimate of drug-likeness (QED) is 0.413. The van der Waals surface area contributed by atoms with E-state index < -0.39 is 33.3 Å². The number of carbonyl (C=O) groups excluding carboxylic acids is 2. The number of aromatic nitrogens is 2. The Kier molecular flexibility index (Phi) is 3.60. The minimum atomic E-state index is -1.99. The monoisotopic (exact) mass is 457 g/mol. The first-order valence-corrected chi connectivity index (χ1v) is 10.3. The molecule has 3 aliphatic rings. The van der Waals surface area contributed by atoms with E-state index in [9.17, 15) is 29.3 Å². The molecule has 2 aromatic carbocycles. The van der Waals surface area contributed by atoms with Crippen LogP contribution in [-0.2, 0) is 24.3 Å². The van der Waals surface area contributed by atoms with Crippen molar-refractivity contribution in [3.63, 3.8) is 0 Å². The molecule has 0 bridgehead atoms. The summed E-state index contributed by atoms with van der Waals surface area (Å²) in [6, 6.07) is 10.5. The van der Waals surface area contributed by atoms with Crippen molar-refractivity contribution < 1.29 is 14.5 Å². The zero-order chi connectivity index (χ0) is 24.1. The van der Waals surface area contributed by atoms with Gasteiger partial charge in [0.15, 0.2) is 5.78 Å². The minimum Gasteiger partial charge on any atom is -0.340 e. The predicted molar refractivity (Wildman–Crippen MR) is 121 cm³/mol. The van der Waals surface area contributed by atoms with Crippen LogP contribution < -0.4 is 21.9 Å². The number of nitrogens with one attached hydrogen (secondary N) is 2. The molecule has 3 heterocycles. The smallest absolute Gasteiger partial charge is 0.332 e. The van der Waals surface area contributed by atoms with Gasteiger partial charge in [0.2, 0.25) is 5.91 Å². The number of hydrogen-bond acceptors (Lipinski definition) is 7. The average molecular weight is 457 g/mol. The van der Waals surface area contributed by atoms with E-state index in [1.165, 1.54) is 36.9 Å². The van der Waals surface area contributed by atoms with Crippen LogP contribution in [0, 0.1) is 10.1 Å². The number of hydrogen-bond donors (Lipinski definition) is 2. The Labute approximate surface area is 190 Å². The maximum Gasteiger partial charge on any atom is 0.332 e. The van der Waals surface area contributed by atoms with Crippen molar-refractivity contribution in [2.24, 2.45) is 14.1 Å². The lowest BCUT2D eigenvalue weighted by Gasteiger charge is -2.35. The molecule has 1 aromatic heterocycles. The van der Waals surface area contributed by atoms with Gasteiger partial charge in [0.1, 0.15) is 11.2 Å². The third-order valence-corrected chi connectivity index (χ3v) is 6.78. The lowest BCUT2D eigenvalue weighted by molar-refractivity contribution is -0.384. The van der Waals surface area contributed by atoms with Gasteiger partial charge in [-0.25, -0.2) is 4.79 Å². The maximum absolute atomic E-state index is 13.8. The Morgan fingerprint density at radius 3 is 2.35 bits per heavy atom. The fraction of sp³-hybridized carbons (Fsp3) is 0.130. The predicted octanol–water partition coefficient (Wildman–Crippen LogP) is 1.26. The molecule has 0 saturated carbocycles. The van der Waals surface area contributed by atoms with Crippen molar-refractivity contribution in [1.82, 2.24) is 9.13 Å². The van der Waals surface area contributed by atoms with Gasteiger partial charge in [0, 0.05) is 54.2 Å². The van der Waals surface area contributed by atoms with Gasteiger partial charge >= 0.3 is 5.69 Å². The van der Waals surface area contributed by atoms with Crippen molar-refractivity contribution in [2.45, 2.75) is 5.41 Å². The highest BCUT2D eigenvalue weighted by Crippen LogP contribution is 2.56. The molecule has 2 aliphatic heterocycles. The van der Waals surface area contributed by atoms with E-state index in [1.807, 2.05) is 0 Å². The molecule has 168 valence electrons. The molecule has 6 rings (SSSR count). The molecule has 1 aliphatic carbocycles. The summed E-state index contributed by atoms with van der Waals surface area (Å²) in [5.74, 6) is -1.13. The molecule has 11 nitrogen and oxygen atoms in total. The molecule has 1 unspecified atom stereocenters. The van der Waals surface area contributed by atoms with Crippen LogP contribution >= 0.6 is 0 Å². The Morgan fingerprint density at radius 1 is 0.941 bits per heavy atom. The first-order chi connectivity index (χ1) is 16.2. The van der Waals surface area contributed by atoms with E-state index in [-0.39, 0.29) is 39.6 Å². The first kappa shape index (κ1) is 19.9. The summed E-state index contributed by atoms with van der Waals surface area (Å²) in [4.78, 5) is 64.8. The van der Waals surface area contributed by atoms with Crippen LogP contribution in [-0.4, -0.2) is 25.7 Å². The van der Waals surface area contributed by atoms with Crippen LogP contribution in [0.4, 0.5) is 17.2 Å². The zero-order valence-electron chi connectivity index (χ0n) is 17.8. The second kappa shape index (κ2) is 6.16. The van der Waals surface area contributed by atoms with Crippen molar-refractivity contribution in [2.75, 3.05) is 10.6 Å². The van der Waals surface area contributed by atoms with Crippen LogP contribution in [0.2, 0.25) is 0 Å². The topological polar surface area (TPSA) is 145 Å². The Hall–Kier alpha value is -4.80. The number of rotatable bonds is 1. The van der Waals surface area contributed by atoms with Crippen molar-refractivity contribution in [3.05, 3.63) is 101 Å². The third-order valence-electron chi connectivity index (χ3n) is 6.78. The molecular formula is C23H15N5O6. The van der Waals surface area contributed by atoms with E-state index in [0.717, 1.165) is 4.57 Å². The van der Waals surface area contributed by atoms with Crippen LogP contribution in [0.1, 0.15) is 27.0 Å². The Bertz CT molecular complexity index is 1690. The number of Topliss-reactive ketones (excluding diaryl/α,β-unsaturated/α-hetero) is 1. The normalized spacial score (nSPS) is 19.4. The number of benzene rings is 2. The van der Waals surface area contributed by atoms with Crippen LogP contribution in [0.5, 0.6) is 0 Å². The minimum absolute atomic E-state index is 0.00584. The van der Waals surface area contributed by atoms with E-state index in [1.54, 1.807) is 24.3 Å². The van der Waals surface area contributed by atoms with E-state index in [4.69, 9.17) is 0 Å². The summed E-state index contributed by atoms with van der Waals surface area (Å²) in [6.45, 7) is 0. The average Bonchev–Trinajstić information content (AvgIpc) is 3.27. The first-order valence-electron chi connectivity index (χ1n) is 10.3. The van der Waals surface area contributed by atoms with E-state index in [0.29, 0.717) is 11.1 Å². The summed E-state index contributed by atoms with van der Waals surface area (Å²) in [7, 11) is 2.71. The molecule has 1 amide bonds. The van der Waals surface area contributed by atoms with Gasteiger partial charge in [-0.2, -0.15) is 0 Å². The van der Waals surface area contributed by atoms with Gasteiger partial charge in [0.05, 0.1) is 16.2 Å². The summed E-state index contributed by atoms with van der Waals surface area (Å²) in [5.41, 5.74) is -2.40. The number of anilines is 2. The second-order valence-electron chi connectivity index (χ2n) is 8.37. The fourth-order valence-electron chi connectivity index (χ4n) is 5.24. The largest absolute Gasteiger partial charge is 0.340 e. The lowest BCUT2D eigenvalue weighted by atomic mass is 9.67. The third kappa shape index (κ3) is 2.06. The van der Waals surface area contributed by atoms with Gasteiger partial charge in [0.25, 0.3) is 11.2 Å². The molecule has 2 N–H and O–H groups in total. The van der Waals surface area contributed by atoms with E-state index in [2.05, 4.69) is 10.6 Å². The number of carbonyl (C=O) groups is 2. The molecular weight excluding hydrogens is 442 g/mol. The summed E-state index contributed by atoms with van der Waals surface area (Å²) >= 11 is 0. The van der Waals surface area contributed by atoms with Crippen molar-refractivity contribution in [1.29, 1.82) is 0 Å². The van der Waals surface area contributed by atoms with Gasteiger partial charge < -0.3 is 10.6 Å². The van der Waals surface area contributed by atoms with Crippen LogP contribution in [0.3, 0.4) is 0 Å². The van der Waals surface area contributed by atoms with Crippen molar-refractivity contribution >= 4 is 34.6 Å². The highest BCUT2D eigenvalue weighted by molar-refractivity contribution is 6.31. The molecule has 0 radical (unpaired) electrons. The van der Waals surface area contributed by atoms with Crippen LogP contribution in [0.15, 0.2) is 57.6 Å². The summed E-state index contributed by atoms with van der Waals surface area (Å²) < 4.78 is 2.04. The number of nitro benzene ring substituents is 1. The number of fused-ring (bicyclic) bond motifs is 7. The maximum atomic E-state index is 13.8. The molecule has 0 fully saturated rings. The highest BCUT2D eigenvalue weighted by Gasteiger charge is 2.61. The zero-order valence-corrected chi connectivity index (χ0v) is 17.8. The van der Waals surface area contributed by atoms with Gasteiger partial charge in [-0.05, 0) is 6.07 Å². The van der Waals surface area contributed by atoms with Crippen molar-refractivity contribution in [3.8, 4) is 0 Å². The van der Waals surface area contributed by atoms with Crippen LogP contribution in [0.25, 0.3) is 5.70 Å². The van der Waals surface area contributed by atoms with Gasteiger partial charge in [-0.3, -0.25) is 33.6 Å². The SMILES string of the molecule is Cn1c2c(c(=O)n(C)c1=O)C1(C(=O)Nc3ccc([N+](=O)[O-])cc31)C1=C(N2)c2ccccc2C1=O. The molecule has 1 atom stereocenters. The van der Waals surface area contributed by atoms with Gasteiger partial charge in [-0.15, -0.1) is 0 Å².